The van der Waals surface area contributed by atoms with E-state index in [4.69, 9.17) is 4.42 Å². The monoisotopic (exact) mass is 384 g/mol. The molecule has 5 aromatic rings. The van der Waals surface area contributed by atoms with Gasteiger partial charge in [-0.05, 0) is 41.3 Å². The Morgan fingerprint density at radius 3 is 2.68 bits per heavy atom. The van der Waals surface area contributed by atoms with Crippen molar-refractivity contribution in [2.45, 2.75) is 6.42 Å². The molecular formula is C22H16N4OS. The van der Waals surface area contributed by atoms with Crippen LogP contribution in [0.2, 0.25) is 0 Å². The normalized spacial score (nSPS) is 11.0. The Morgan fingerprint density at radius 1 is 0.893 bits per heavy atom. The molecule has 1 N–H and O–H groups in total. The number of nitrogens with one attached hydrogen (secondary N) is 1. The molecule has 5 nitrogen and oxygen atoms in total. The predicted octanol–water partition coefficient (Wildman–Crippen LogP) is 5.68. The van der Waals surface area contributed by atoms with Crippen LogP contribution in [0.5, 0.6) is 0 Å². The molecule has 0 bridgehead atoms. The SMILES string of the molecule is c1ccc(Nc2nnc(-c3ccsc3Cc3ccnc4ccccc34)o2)cc1. The maximum absolute atomic E-state index is 5.86. The molecule has 0 saturated carbocycles. The van der Waals surface area contributed by atoms with E-state index in [2.05, 4.69) is 38.0 Å². The van der Waals surface area contributed by atoms with Crippen LogP contribution in [0.25, 0.3) is 22.4 Å². The molecule has 3 heterocycles. The van der Waals surface area contributed by atoms with Crippen molar-refractivity contribution in [1.82, 2.24) is 15.2 Å². The van der Waals surface area contributed by atoms with Gasteiger partial charge in [-0.2, -0.15) is 0 Å². The number of fused-ring (bicyclic) bond motifs is 1. The minimum Gasteiger partial charge on any atom is -0.403 e. The predicted molar refractivity (Wildman–Crippen MR) is 112 cm³/mol. The Kier molecular flexibility index (Phi) is 4.31. The average molecular weight is 384 g/mol. The van der Waals surface area contributed by atoms with E-state index in [0.29, 0.717) is 11.9 Å². The Bertz CT molecular complexity index is 1220. The minimum absolute atomic E-state index is 0.382. The summed E-state index contributed by atoms with van der Waals surface area (Å²) in [5.41, 5.74) is 4.12. The number of thiophene rings is 1. The van der Waals surface area contributed by atoms with Gasteiger partial charge in [0.05, 0.1) is 11.1 Å². The third-order valence-electron chi connectivity index (χ3n) is 4.52. The van der Waals surface area contributed by atoms with Crippen molar-refractivity contribution >= 4 is 33.9 Å². The van der Waals surface area contributed by atoms with Crippen LogP contribution in [0.3, 0.4) is 0 Å². The molecule has 0 aliphatic heterocycles. The maximum atomic E-state index is 5.86. The molecule has 0 unspecified atom stereocenters. The molecule has 0 aliphatic carbocycles. The summed E-state index contributed by atoms with van der Waals surface area (Å²) in [4.78, 5) is 5.64. The van der Waals surface area contributed by atoms with Gasteiger partial charge in [0.2, 0.25) is 0 Å². The third-order valence-corrected chi connectivity index (χ3v) is 5.44. The Hall–Kier alpha value is -3.51. The van der Waals surface area contributed by atoms with Crippen molar-refractivity contribution in [3.63, 3.8) is 0 Å². The van der Waals surface area contributed by atoms with Gasteiger partial charge in [-0.15, -0.1) is 16.4 Å². The van der Waals surface area contributed by atoms with Crippen LogP contribution >= 0.6 is 11.3 Å². The summed E-state index contributed by atoms with van der Waals surface area (Å²) in [7, 11) is 0. The van der Waals surface area contributed by atoms with E-state index in [1.165, 1.54) is 15.8 Å². The standard InChI is InChI=1S/C22H16N4OS/c1-2-6-16(7-3-1)24-22-26-25-21(27-22)18-11-13-28-20(18)14-15-10-12-23-19-9-5-4-8-17(15)19/h1-13H,14H2,(H,24,26). The summed E-state index contributed by atoms with van der Waals surface area (Å²) >= 11 is 1.69. The molecular weight excluding hydrogens is 368 g/mol. The van der Waals surface area contributed by atoms with Crippen molar-refractivity contribution in [3.05, 3.63) is 88.7 Å². The Labute approximate surface area is 165 Å². The largest absolute Gasteiger partial charge is 0.403 e. The van der Waals surface area contributed by atoms with E-state index in [-0.39, 0.29) is 0 Å². The summed E-state index contributed by atoms with van der Waals surface area (Å²) in [6.07, 6.45) is 2.65. The Morgan fingerprint density at radius 2 is 1.75 bits per heavy atom. The van der Waals surface area contributed by atoms with Gasteiger partial charge in [-0.25, -0.2) is 0 Å². The second kappa shape index (κ2) is 7.25. The molecule has 0 atom stereocenters. The van der Waals surface area contributed by atoms with Gasteiger partial charge >= 0.3 is 6.01 Å². The van der Waals surface area contributed by atoms with Crippen LogP contribution in [0.15, 0.2) is 82.7 Å². The number of rotatable bonds is 5. The number of benzene rings is 2. The molecule has 0 fully saturated rings. The molecule has 0 spiro atoms. The molecule has 6 heteroatoms. The lowest BCUT2D eigenvalue weighted by molar-refractivity contribution is 0.587. The van der Waals surface area contributed by atoms with E-state index < -0.39 is 0 Å². The highest BCUT2D eigenvalue weighted by molar-refractivity contribution is 7.10. The first-order chi connectivity index (χ1) is 13.9. The number of nitrogens with zero attached hydrogens (tertiary/aromatic N) is 3. The summed E-state index contributed by atoms with van der Waals surface area (Å²) in [5, 5.41) is 14.7. The van der Waals surface area contributed by atoms with Gasteiger partial charge < -0.3 is 9.73 Å². The quantitative estimate of drug-likeness (QED) is 0.422. The molecule has 0 radical (unpaired) electrons. The van der Waals surface area contributed by atoms with E-state index in [0.717, 1.165) is 23.2 Å². The summed E-state index contributed by atoms with van der Waals surface area (Å²) < 4.78 is 5.86. The van der Waals surface area contributed by atoms with Gasteiger partial charge in [0.25, 0.3) is 5.89 Å². The third kappa shape index (κ3) is 3.25. The number of anilines is 2. The molecule has 0 amide bonds. The summed E-state index contributed by atoms with van der Waals surface area (Å²) in [6.45, 7) is 0. The van der Waals surface area contributed by atoms with E-state index in [1.807, 2.05) is 60.8 Å². The van der Waals surface area contributed by atoms with Gasteiger partial charge in [0.15, 0.2) is 0 Å². The molecule has 136 valence electrons. The minimum atomic E-state index is 0.382. The van der Waals surface area contributed by atoms with Crippen LogP contribution in [-0.4, -0.2) is 15.2 Å². The first kappa shape index (κ1) is 16.6. The van der Waals surface area contributed by atoms with Gasteiger partial charge in [0, 0.05) is 28.6 Å². The van der Waals surface area contributed by atoms with Crippen LogP contribution in [0, 0.1) is 0 Å². The van der Waals surface area contributed by atoms with Crippen molar-refractivity contribution < 1.29 is 4.42 Å². The van der Waals surface area contributed by atoms with E-state index in [9.17, 15) is 0 Å². The molecule has 3 aromatic heterocycles. The highest BCUT2D eigenvalue weighted by atomic mass is 32.1. The average Bonchev–Trinajstić information content (AvgIpc) is 3.38. The highest BCUT2D eigenvalue weighted by Gasteiger charge is 2.15. The lowest BCUT2D eigenvalue weighted by Gasteiger charge is -2.06. The smallest absolute Gasteiger partial charge is 0.320 e. The lowest BCUT2D eigenvalue weighted by Crippen LogP contribution is -1.91. The van der Waals surface area contributed by atoms with E-state index >= 15 is 0 Å². The zero-order valence-corrected chi connectivity index (χ0v) is 15.7. The molecule has 5 rings (SSSR count). The number of aromatic nitrogens is 3. The zero-order chi connectivity index (χ0) is 18.8. The van der Waals surface area contributed by atoms with Gasteiger partial charge in [-0.3, -0.25) is 4.98 Å². The van der Waals surface area contributed by atoms with Crippen molar-refractivity contribution in [2.75, 3.05) is 5.32 Å². The Balaban J connectivity index is 1.44. The summed E-state index contributed by atoms with van der Waals surface area (Å²) in [6, 6.07) is 22.5. The number of pyridine rings is 1. The number of hydrogen-bond acceptors (Lipinski definition) is 6. The fraction of sp³-hybridized carbons (Fsp3) is 0.0455. The molecule has 0 saturated heterocycles. The lowest BCUT2D eigenvalue weighted by atomic mass is 10.0. The van der Waals surface area contributed by atoms with Crippen LogP contribution in [-0.2, 0) is 6.42 Å². The highest BCUT2D eigenvalue weighted by Crippen LogP contribution is 2.32. The van der Waals surface area contributed by atoms with Crippen LogP contribution in [0.4, 0.5) is 11.7 Å². The second-order valence-electron chi connectivity index (χ2n) is 6.32. The zero-order valence-electron chi connectivity index (χ0n) is 14.9. The fourth-order valence-electron chi connectivity index (χ4n) is 3.18. The topological polar surface area (TPSA) is 63.8 Å². The molecule has 28 heavy (non-hydrogen) atoms. The molecule has 0 aliphatic rings. The van der Waals surface area contributed by atoms with Gasteiger partial charge in [-0.1, -0.05) is 41.5 Å². The first-order valence-corrected chi connectivity index (χ1v) is 9.80. The van der Waals surface area contributed by atoms with Crippen molar-refractivity contribution in [3.8, 4) is 11.5 Å². The molecule has 2 aromatic carbocycles. The van der Waals surface area contributed by atoms with Crippen molar-refractivity contribution in [2.24, 2.45) is 0 Å². The fourth-order valence-corrected chi connectivity index (χ4v) is 4.07. The maximum Gasteiger partial charge on any atom is 0.320 e. The van der Waals surface area contributed by atoms with Crippen LogP contribution in [0.1, 0.15) is 10.4 Å². The van der Waals surface area contributed by atoms with Crippen molar-refractivity contribution in [1.29, 1.82) is 0 Å². The first-order valence-electron chi connectivity index (χ1n) is 8.92. The van der Waals surface area contributed by atoms with Gasteiger partial charge in [0.1, 0.15) is 0 Å². The summed E-state index contributed by atoms with van der Waals surface area (Å²) in [5.74, 6) is 0.521. The number of para-hydroxylation sites is 2. The second-order valence-corrected chi connectivity index (χ2v) is 7.33. The number of hydrogen-bond donors (Lipinski definition) is 1. The van der Waals surface area contributed by atoms with Crippen LogP contribution < -0.4 is 5.32 Å². The van der Waals surface area contributed by atoms with E-state index in [1.54, 1.807) is 11.3 Å².